The molecule has 168 valence electrons. The van der Waals surface area contributed by atoms with Crippen LogP contribution in [0.25, 0.3) is 0 Å². The van der Waals surface area contributed by atoms with Gasteiger partial charge in [-0.3, -0.25) is 9.10 Å². The molecule has 1 aliphatic heterocycles. The van der Waals surface area contributed by atoms with Gasteiger partial charge in [0.1, 0.15) is 6.54 Å². The van der Waals surface area contributed by atoms with Crippen molar-refractivity contribution in [2.24, 2.45) is 0 Å². The summed E-state index contributed by atoms with van der Waals surface area (Å²) in [6, 6.07) is 11.6. The van der Waals surface area contributed by atoms with E-state index in [0.29, 0.717) is 24.5 Å². The number of anilines is 2. The third-order valence-corrected chi connectivity index (χ3v) is 6.63. The molecule has 0 aromatic heterocycles. The Labute approximate surface area is 187 Å². The zero-order valence-electron chi connectivity index (χ0n) is 16.6. The van der Waals surface area contributed by atoms with E-state index in [1.165, 1.54) is 11.0 Å². The van der Waals surface area contributed by atoms with Gasteiger partial charge in [0, 0.05) is 36.3 Å². The lowest BCUT2D eigenvalue weighted by Crippen LogP contribution is -2.52. The molecule has 1 saturated heterocycles. The molecule has 0 spiro atoms. The molecule has 31 heavy (non-hydrogen) atoms. The van der Waals surface area contributed by atoms with Gasteiger partial charge in [-0.25, -0.2) is 8.42 Å². The molecule has 1 amide bonds. The molecule has 0 unspecified atom stereocenters. The number of alkyl halides is 3. The maximum atomic E-state index is 13.0. The molecule has 0 saturated carbocycles. The van der Waals surface area contributed by atoms with Crippen LogP contribution in [0, 0.1) is 0 Å². The second-order valence-electron chi connectivity index (χ2n) is 7.16. The van der Waals surface area contributed by atoms with Gasteiger partial charge in [0.25, 0.3) is 0 Å². The Morgan fingerprint density at radius 1 is 1.06 bits per heavy atom. The molecule has 1 fully saturated rings. The maximum absolute atomic E-state index is 13.0. The second kappa shape index (κ2) is 9.07. The van der Waals surface area contributed by atoms with Crippen molar-refractivity contribution in [2.75, 3.05) is 48.2 Å². The van der Waals surface area contributed by atoms with Crippen molar-refractivity contribution in [1.29, 1.82) is 0 Å². The van der Waals surface area contributed by atoms with E-state index in [4.69, 9.17) is 0 Å². The van der Waals surface area contributed by atoms with E-state index < -0.39 is 21.8 Å². The average molecular weight is 520 g/mol. The molecule has 11 heteroatoms. The van der Waals surface area contributed by atoms with Crippen LogP contribution in [0.3, 0.4) is 0 Å². The Hall–Kier alpha value is -2.27. The Bertz CT molecular complexity index is 1040. The molecule has 0 atom stereocenters. The van der Waals surface area contributed by atoms with E-state index in [9.17, 15) is 26.4 Å². The standard InChI is InChI=1S/C20H21BrF3N3O3S/c1-31(29,30)27(17-7-5-16(21)6-8-17)14-19(28)26-11-9-25(10-12-26)18-4-2-3-15(13-18)20(22,23)24/h2-8,13H,9-12,14H2,1H3. The number of nitrogens with zero attached hydrogens (tertiary/aromatic N) is 3. The minimum Gasteiger partial charge on any atom is -0.368 e. The van der Waals surface area contributed by atoms with Crippen LogP contribution >= 0.6 is 15.9 Å². The topological polar surface area (TPSA) is 60.9 Å². The quantitative estimate of drug-likeness (QED) is 0.605. The van der Waals surface area contributed by atoms with Gasteiger partial charge >= 0.3 is 6.18 Å². The van der Waals surface area contributed by atoms with Gasteiger partial charge in [-0.1, -0.05) is 22.0 Å². The predicted octanol–water partition coefficient (Wildman–Crippen LogP) is 3.58. The highest BCUT2D eigenvalue weighted by atomic mass is 79.9. The number of rotatable bonds is 5. The van der Waals surface area contributed by atoms with Gasteiger partial charge in [0.2, 0.25) is 15.9 Å². The number of carbonyl (C=O) groups excluding carboxylic acids is 1. The molecule has 3 rings (SSSR count). The summed E-state index contributed by atoms with van der Waals surface area (Å²) in [6.07, 6.45) is -3.39. The van der Waals surface area contributed by atoms with Crippen LogP contribution in [0.2, 0.25) is 0 Å². The molecule has 6 nitrogen and oxygen atoms in total. The summed E-state index contributed by atoms with van der Waals surface area (Å²) in [7, 11) is -3.68. The Morgan fingerprint density at radius 2 is 1.68 bits per heavy atom. The van der Waals surface area contributed by atoms with Gasteiger partial charge in [0.15, 0.2) is 0 Å². The number of carbonyl (C=O) groups is 1. The molecule has 0 aliphatic carbocycles. The Balaban J connectivity index is 1.66. The highest BCUT2D eigenvalue weighted by molar-refractivity contribution is 9.10. The molecule has 2 aromatic carbocycles. The number of sulfonamides is 1. The van der Waals surface area contributed by atoms with Crippen LogP contribution in [0.1, 0.15) is 5.56 Å². The summed E-state index contributed by atoms with van der Waals surface area (Å²) in [4.78, 5) is 16.1. The fraction of sp³-hybridized carbons (Fsp3) is 0.350. The lowest BCUT2D eigenvalue weighted by molar-refractivity contribution is -0.137. The number of piperazine rings is 1. The van der Waals surface area contributed by atoms with Crippen molar-refractivity contribution in [1.82, 2.24) is 4.90 Å². The minimum atomic E-state index is -4.42. The molecule has 0 radical (unpaired) electrons. The summed E-state index contributed by atoms with van der Waals surface area (Å²) in [5, 5.41) is 0. The Morgan fingerprint density at radius 3 is 2.23 bits per heavy atom. The van der Waals surface area contributed by atoms with Gasteiger partial charge in [-0.2, -0.15) is 13.2 Å². The molecular weight excluding hydrogens is 499 g/mol. The SMILES string of the molecule is CS(=O)(=O)N(CC(=O)N1CCN(c2cccc(C(F)(F)F)c2)CC1)c1ccc(Br)cc1. The van der Waals surface area contributed by atoms with Crippen molar-refractivity contribution in [2.45, 2.75) is 6.18 Å². The summed E-state index contributed by atoms with van der Waals surface area (Å²) in [5.41, 5.74) is 0.0954. The van der Waals surface area contributed by atoms with Crippen LogP contribution in [-0.2, 0) is 21.0 Å². The van der Waals surface area contributed by atoms with Crippen LogP contribution in [0.5, 0.6) is 0 Å². The zero-order valence-corrected chi connectivity index (χ0v) is 19.0. The molecule has 0 N–H and O–H groups in total. The summed E-state index contributed by atoms with van der Waals surface area (Å²) < 4.78 is 65.1. The van der Waals surface area contributed by atoms with Crippen LogP contribution in [0.15, 0.2) is 53.0 Å². The van der Waals surface area contributed by atoms with Crippen LogP contribution in [0.4, 0.5) is 24.5 Å². The van der Waals surface area contributed by atoms with Crippen LogP contribution in [-0.4, -0.2) is 58.2 Å². The van der Waals surface area contributed by atoms with E-state index in [0.717, 1.165) is 27.2 Å². The number of hydrogen-bond donors (Lipinski definition) is 0. The van der Waals surface area contributed by atoms with Crippen molar-refractivity contribution in [3.63, 3.8) is 0 Å². The zero-order chi connectivity index (χ0) is 22.8. The number of benzene rings is 2. The van der Waals surface area contributed by atoms with E-state index >= 15 is 0 Å². The first-order chi connectivity index (χ1) is 14.4. The summed E-state index contributed by atoms with van der Waals surface area (Å²) in [6.45, 7) is 0.929. The molecule has 0 bridgehead atoms. The van der Waals surface area contributed by atoms with Gasteiger partial charge in [0.05, 0.1) is 17.5 Å². The monoisotopic (exact) mass is 519 g/mol. The maximum Gasteiger partial charge on any atom is 0.416 e. The first-order valence-corrected chi connectivity index (χ1v) is 12.0. The van der Waals surface area contributed by atoms with Crippen molar-refractivity contribution >= 4 is 43.2 Å². The third kappa shape index (κ3) is 5.91. The number of amides is 1. The average Bonchev–Trinajstić information content (AvgIpc) is 2.71. The number of halogens is 4. The van der Waals surface area contributed by atoms with E-state index in [1.54, 1.807) is 35.2 Å². The minimum absolute atomic E-state index is 0.285. The van der Waals surface area contributed by atoms with Gasteiger partial charge in [-0.05, 0) is 42.5 Å². The fourth-order valence-corrected chi connectivity index (χ4v) is 4.44. The van der Waals surface area contributed by atoms with Crippen LogP contribution < -0.4 is 9.21 Å². The third-order valence-electron chi connectivity index (χ3n) is 4.96. The fourth-order valence-electron chi connectivity index (χ4n) is 3.32. The highest BCUT2D eigenvalue weighted by Gasteiger charge is 2.31. The van der Waals surface area contributed by atoms with Gasteiger partial charge < -0.3 is 9.80 Å². The molecule has 1 aliphatic rings. The van der Waals surface area contributed by atoms with Crippen molar-refractivity contribution in [3.05, 3.63) is 58.6 Å². The van der Waals surface area contributed by atoms with E-state index in [1.807, 2.05) is 0 Å². The van der Waals surface area contributed by atoms with E-state index in [2.05, 4.69) is 15.9 Å². The molecule has 2 aromatic rings. The molecule has 1 heterocycles. The van der Waals surface area contributed by atoms with E-state index in [-0.39, 0.29) is 25.5 Å². The van der Waals surface area contributed by atoms with Gasteiger partial charge in [-0.15, -0.1) is 0 Å². The highest BCUT2D eigenvalue weighted by Crippen LogP contribution is 2.32. The first-order valence-electron chi connectivity index (χ1n) is 9.38. The Kier molecular flexibility index (Phi) is 6.85. The van der Waals surface area contributed by atoms with Crippen molar-refractivity contribution < 1.29 is 26.4 Å². The lowest BCUT2D eigenvalue weighted by atomic mass is 10.1. The normalized spacial score (nSPS) is 15.1. The largest absolute Gasteiger partial charge is 0.416 e. The summed E-state index contributed by atoms with van der Waals surface area (Å²) >= 11 is 3.29. The lowest BCUT2D eigenvalue weighted by Gasteiger charge is -2.37. The van der Waals surface area contributed by atoms with Crippen molar-refractivity contribution in [3.8, 4) is 0 Å². The number of hydrogen-bond acceptors (Lipinski definition) is 4. The molecular formula is C20H21BrF3N3O3S. The summed E-state index contributed by atoms with van der Waals surface area (Å²) in [5.74, 6) is -0.364. The second-order valence-corrected chi connectivity index (χ2v) is 9.98. The smallest absolute Gasteiger partial charge is 0.368 e. The first kappa shape index (κ1) is 23.4. The predicted molar refractivity (Wildman–Crippen MR) is 117 cm³/mol.